The molecule has 3 aromatic heterocycles. The van der Waals surface area contributed by atoms with Gasteiger partial charge in [-0.3, -0.25) is 14.2 Å². The molecule has 0 aliphatic rings. The van der Waals surface area contributed by atoms with Crippen molar-refractivity contribution in [3.8, 4) is 22.7 Å². The largest absolute Gasteiger partial charge is 0.497 e. The van der Waals surface area contributed by atoms with E-state index in [1.54, 1.807) is 23.9 Å². The van der Waals surface area contributed by atoms with E-state index in [0.29, 0.717) is 32.6 Å². The van der Waals surface area contributed by atoms with Crippen LogP contribution in [0.2, 0.25) is 0 Å². The van der Waals surface area contributed by atoms with Gasteiger partial charge in [0.15, 0.2) is 10.3 Å². The number of rotatable bonds is 9. The Kier molecular flexibility index (Phi) is 7.80. The predicted octanol–water partition coefficient (Wildman–Crippen LogP) is 5.35. The van der Waals surface area contributed by atoms with Crippen molar-refractivity contribution < 1.29 is 9.53 Å². The van der Waals surface area contributed by atoms with Crippen LogP contribution in [0.4, 0.5) is 5.13 Å². The van der Waals surface area contributed by atoms with Gasteiger partial charge in [-0.25, -0.2) is 14.6 Å². The van der Waals surface area contributed by atoms with Gasteiger partial charge in [-0.05, 0) is 55.5 Å². The van der Waals surface area contributed by atoms with Crippen LogP contribution in [-0.2, 0) is 17.1 Å². The fourth-order valence-electron chi connectivity index (χ4n) is 4.28. The van der Waals surface area contributed by atoms with Crippen LogP contribution in [0.1, 0.15) is 11.3 Å². The first-order valence-electron chi connectivity index (χ1n) is 13.0. The normalized spacial score (nSPS) is 11.1. The lowest BCUT2D eigenvalue weighted by Gasteiger charge is -2.13. The first kappa shape index (κ1) is 27.4. The monoisotopic (exact) mass is 595 g/mol. The second-order valence-corrected chi connectivity index (χ2v) is 11.2. The molecule has 0 aliphatic carbocycles. The van der Waals surface area contributed by atoms with Crippen molar-refractivity contribution in [2.45, 2.75) is 24.4 Å². The molecule has 0 radical (unpaired) electrons. The maximum Gasteiger partial charge on any atom is 0.266 e. The molecule has 0 saturated heterocycles. The second kappa shape index (κ2) is 12.0. The van der Waals surface area contributed by atoms with Gasteiger partial charge in [0.1, 0.15) is 12.3 Å². The summed E-state index contributed by atoms with van der Waals surface area (Å²) in [4.78, 5) is 35.4. The minimum Gasteiger partial charge on any atom is -0.497 e. The molecule has 12 heteroatoms. The number of anilines is 1. The summed E-state index contributed by atoms with van der Waals surface area (Å²) in [5.74, 6) is 0.914. The zero-order chi connectivity index (χ0) is 29.1. The summed E-state index contributed by atoms with van der Waals surface area (Å²) in [6.45, 7) is 1.98. The van der Waals surface area contributed by atoms with Gasteiger partial charge in [0.2, 0.25) is 5.91 Å². The minimum atomic E-state index is -0.265. The van der Waals surface area contributed by atoms with E-state index in [4.69, 9.17) is 9.72 Å². The van der Waals surface area contributed by atoms with Crippen LogP contribution in [0.3, 0.4) is 0 Å². The van der Waals surface area contributed by atoms with Crippen LogP contribution >= 0.6 is 23.1 Å². The molecular formula is C30H25N7O3S2. The molecule has 3 heterocycles. The highest BCUT2D eigenvalue weighted by molar-refractivity contribution is 7.98. The van der Waals surface area contributed by atoms with Crippen molar-refractivity contribution in [3.05, 3.63) is 106 Å². The number of nitrogens with zero attached hydrogens (tertiary/aromatic N) is 6. The number of hydrogen-bond donors (Lipinski definition) is 1. The lowest BCUT2D eigenvalue weighted by molar-refractivity contribution is -0.116. The zero-order valence-electron chi connectivity index (χ0n) is 22.7. The number of aromatic nitrogens is 6. The Labute approximate surface area is 249 Å². The molecule has 210 valence electrons. The minimum absolute atomic E-state index is 0.0165. The smallest absolute Gasteiger partial charge is 0.266 e. The zero-order valence-corrected chi connectivity index (χ0v) is 24.4. The Hall–Kier alpha value is -4.81. The number of ether oxygens (including phenoxy) is 1. The number of nitrogens with one attached hydrogen (secondary N) is 1. The van der Waals surface area contributed by atoms with E-state index in [1.807, 2.05) is 79.0 Å². The van der Waals surface area contributed by atoms with Gasteiger partial charge in [-0.1, -0.05) is 46.8 Å². The molecule has 0 unspecified atom stereocenters. The number of carbonyl (C=O) groups is 1. The summed E-state index contributed by atoms with van der Waals surface area (Å²) in [7, 11) is 1.62. The summed E-state index contributed by atoms with van der Waals surface area (Å²) >= 11 is 2.73. The molecule has 3 aromatic carbocycles. The number of amides is 1. The Bertz CT molecular complexity index is 1930. The second-order valence-electron chi connectivity index (χ2n) is 9.40. The number of thioether (sulfide) groups is 1. The molecule has 1 N–H and O–H groups in total. The van der Waals surface area contributed by atoms with E-state index in [-0.39, 0.29) is 18.0 Å². The summed E-state index contributed by atoms with van der Waals surface area (Å²) in [5, 5.41) is 14.6. The van der Waals surface area contributed by atoms with Crippen molar-refractivity contribution in [2.75, 3.05) is 12.4 Å². The number of hydrogen-bond acceptors (Lipinski definition) is 9. The standard InChI is InChI=1S/C30H25N7O3S2/c1-19-7-11-22(12-8-19)37-28(39)24-5-3-4-6-25(24)32-30(37)42-17-21-15-36(35-34-21)16-27(38)33-29-31-26(18-41-29)20-9-13-23(40-2)14-10-20/h3-15,18H,16-17H2,1-2H3,(H,31,33,38). The Morgan fingerprint density at radius 3 is 2.60 bits per heavy atom. The maximum atomic E-state index is 13.5. The van der Waals surface area contributed by atoms with E-state index >= 15 is 0 Å². The molecule has 0 saturated carbocycles. The molecule has 0 bridgehead atoms. The third-order valence-electron chi connectivity index (χ3n) is 6.41. The number of thiazole rings is 1. The molecule has 6 rings (SSSR count). The molecule has 0 aliphatic heterocycles. The van der Waals surface area contributed by atoms with Crippen molar-refractivity contribution in [1.29, 1.82) is 0 Å². The fraction of sp³-hybridized carbons (Fsp3) is 0.133. The van der Waals surface area contributed by atoms with Crippen molar-refractivity contribution in [2.24, 2.45) is 0 Å². The maximum absolute atomic E-state index is 13.5. The average molecular weight is 596 g/mol. The Morgan fingerprint density at radius 1 is 1.02 bits per heavy atom. The summed E-state index contributed by atoms with van der Waals surface area (Å²) < 4.78 is 8.30. The van der Waals surface area contributed by atoms with E-state index in [2.05, 4.69) is 20.6 Å². The highest BCUT2D eigenvalue weighted by Gasteiger charge is 2.15. The van der Waals surface area contributed by atoms with Crippen molar-refractivity contribution in [3.63, 3.8) is 0 Å². The number of fused-ring (bicyclic) bond motifs is 1. The third-order valence-corrected chi connectivity index (χ3v) is 8.14. The first-order chi connectivity index (χ1) is 20.5. The molecule has 0 spiro atoms. The topological polar surface area (TPSA) is 117 Å². The van der Waals surface area contributed by atoms with Gasteiger partial charge in [-0.2, -0.15) is 0 Å². The van der Waals surface area contributed by atoms with Gasteiger partial charge in [0, 0.05) is 22.9 Å². The van der Waals surface area contributed by atoms with Crippen molar-refractivity contribution in [1.82, 2.24) is 29.5 Å². The molecule has 1 amide bonds. The predicted molar refractivity (Wildman–Crippen MR) is 164 cm³/mol. The van der Waals surface area contributed by atoms with Crippen LogP contribution in [0.15, 0.2) is 94.3 Å². The van der Waals surface area contributed by atoms with Crippen LogP contribution in [0.5, 0.6) is 5.75 Å². The average Bonchev–Trinajstić information content (AvgIpc) is 3.66. The van der Waals surface area contributed by atoms with Crippen LogP contribution < -0.4 is 15.6 Å². The third kappa shape index (κ3) is 5.94. The van der Waals surface area contributed by atoms with E-state index < -0.39 is 0 Å². The number of methoxy groups -OCH3 is 1. The van der Waals surface area contributed by atoms with Gasteiger partial charge in [-0.15, -0.1) is 16.4 Å². The number of aryl methyl sites for hydroxylation is 1. The molecule has 0 fully saturated rings. The lowest BCUT2D eigenvalue weighted by atomic mass is 10.2. The van der Waals surface area contributed by atoms with Gasteiger partial charge in [0.05, 0.1) is 35.1 Å². The van der Waals surface area contributed by atoms with Crippen LogP contribution in [0, 0.1) is 6.92 Å². The van der Waals surface area contributed by atoms with E-state index in [1.165, 1.54) is 27.8 Å². The highest BCUT2D eigenvalue weighted by Crippen LogP contribution is 2.27. The summed E-state index contributed by atoms with van der Waals surface area (Å²) in [6, 6.07) is 22.6. The van der Waals surface area contributed by atoms with E-state index in [9.17, 15) is 9.59 Å². The molecule has 6 aromatic rings. The SMILES string of the molecule is COc1ccc(-c2csc(NC(=O)Cn3cc(CSc4nc5ccccc5c(=O)n4-c4ccc(C)cc4)nn3)n2)cc1. The number of para-hydroxylation sites is 1. The van der Waals surface area contributed by atoms with Crippen LogP contribution in [0.25, 0.3) is 27.8 Å². The van der Waals surface area contributed by atoms with Gasteiger partial charge in [0.25, 0.3) is 5.56 Å². The number of benzene rings is 3. The lowest BCUT2D eigenvalue weighted by Crippen LogP contribution is -2.21. The molecule has 42 heavy (non-hydrogen) atoms. The van der Waals surface area contributed by atoms with Crippen molar-refractivity contribution >= 4 is 45.0 Å². The highest BCUT2D eigenvalue weighted by atomic mass is 32.2. The quantitative estimate of drug-likeness (QED) is 0.176. The molecule has 0 atom stereocenters. The Balaban J connectivity index is 1.13. The van der Waals surface area contributed by atoms with Gasteiger partial charge < -0.3 is 10.1 Å². The first-order valence-corrected chi connectivity index (χ1v) is 14.8. The fourth-order valence-corrected chi connectivity index (χ4v) is 5.91. The molecular weight excluding hydrogens is 571 g/mol. The summed E-state index contributed by atoms with van der Waals surface area (Å²) in [6.07, 6.45) is 1.71. The molecule has 10 nitrogen and oxygen atoms in total. The van der Waals surface area contributed by atoms with E-state index in [0.717, 1.165) is 28.3 Å². The van der Waals surface area contributed by atoms with Gasteiger partial charge >= 0.3 is 0 Å². The van der Waals surface area contributed by atoms with Crippen LogP contribution in [-0.4, -0.2) is 42.5 Å². The number of carbonyl (C=O) groups excluding carboxylic acids is 1. The Morgan fingerprint density at radius 2 is 1.81 bits per heavy atom. The summed E-state index contributed by atoms with van der Waals surface area (Å²) in [5.41, 5.74) is 4.69.